The Balaban J connectivity index is 1.49. The minimum absolute atomic E-state index is 0.171. The molecule has 0 spiro atoms. The molecule has 0 bridgehead atoms. The summed E-state index contributed by atoms with van der Waals surface area (Å²) in [5.41, 5.74) is 3.81. The highest BCUT2D eigenvalue weighted by Gasteiger charge is 2.24. The molecule has 0 saturated carbocycles. The van der Waals surface area contributed by atoms with Gasteiger partial charge in [0.25, 0.3) is 5.91 Å². The van der Waals surface area contributed by atoms with Crippen LogP contribution in [0.4, 0.5) is 5.69 Å². The van der Waals surface area contributed by atoms with Crippen LogP contribution in [0.5, 0.6) is 5.75 Å². The van der Waals surface area contributed by atoms with E-state index >= 15 is 0 Å². The summed E-state index contributed by atoms with van der Waals surface area (Å²) in [4.78, 5) is 17.6. The molecule has 4 nitrogen and oxygen atoms in total. The van der Waals surface area contributed by atoms with Crippen molar-refractivity contribution in [1.29, 1.82) is 0 Å². The molecule has 168 valence electrons. The monoisotopic (exact) mass is 604 g/mol. The number of thioether (sulfide) groups is 1. The SMILES string of the molecule is CCc1ccc(N=C2NC(=O)/C(=C/c3cc(Br)c(OCc4ccccc4Cl)c(Br)c3)S2)cc1. The van der Waals surface area contributed by atoms with Crippen molar-refractivity contribution >= 4 is 78.1 Å². The van der Waals surface area contributed by atoms with Gasteiger partial charge >= 0.3 is 0 Å². The molecular formula is C25H19Br2ClN2O2S. The number of halogens is 3. The number of nitrogens with one attached hydrogen (secondary N) is 1. The largest absolute Gasteiger partial charge is 0.486 e. The molecule has 1 amide bonds. The van der Waals surface area contributed by atoms with Gasteiger partial charge < -0.3 is 10.1 Å². The average molecular weight is 607 g/mol. The zero-order valence-corrected chi connectivity index (χ0v) is 22.3. The first-order valence-corrected chi connectivity index (χ1v) is 12.9. The van der Waals surface area contributed by atoms with Gasteiger partial charge in [0.1, 0.15) is 12.4 Å². The van der Waals surface area contributed by atoms with Gasteiger partial charge in [0, 0.05) is 10.6 Å². The zero-order chi connectivity index (χ0) is 23.4. The van der Waals surface area contributed by atoms with E-state index in [-0.39, 0.29) is 5.91 Å². The van der Waals surface area contributed by atoms with Gasteiger partial charge in [0.15, 0.2) is 5.17 Å². The minimum Gasteiger partial charge on any atom is -0.486 e. The predicted octanol–water partition coefficient (Wildman–Crippen LogP) is 7.90. The molecule has 4 rings (SSSR count). The number of hydrogen-bond donors (Lipinski definition) is 1. The molecule has 1 N–H and O–H groups in total. The number of benzene rings is 3. The van der Waals surface area contributed by atoms with E-state index < -0.39 is 0 Å². The lowest BCUT2D eigenvalue weighted by atomic mass is 10.2. The summed E-state index contributed by atoms with van der Waals surface area (Å²) in [6.07, 6.45) is 2.81. The first-order valence-electron chi connectivity index (χ1n) is 10.2. The lowest BCUT2D eigenvalue weighted by Gasteiger charge is -2.12. The number of nitrogens with zero attached hydrogens (tertiary/aromatic N) is 1. The molecule has 1 heterocycles. The van der Waals surface area contributed by atoms with Gasteiger partial charge in [-0.2, -0.15) is 0 Å². The van der Waals surface area contributed by atoms with E-state index in [2.05, 4.69) is 49.1 Å². The summed E-state index contributed by atoms with van der Waals surface area (Å²) in [6, 6.07) is 19.4. The van der Waals surface area contributed by atoms with E-state index in [4.69, 9.17) is 16.3 Å². The number of rotatable bonds is 6. The van der Waals surface area contributed by atoms with Crippen LogP contribution in [0, 0.1) is 0 Å². The predicted molar refractivity (Wildman–Crippen MR) is 144 cm³/mol. The first-order chi connectivity index (χ1) is 15.9. The van der Waals surface area contributed by atoms with Crippen molar-refractivity contribution in [3.8, 4) is 5.75 Å². The minimum atomic E-state index is -0.171. The molecule has 3 aromatic rings. The normalized spacial score (nSPS) is 15.8. The Morgan fingerprint density at radius 2 is 1.79 bits per heavy atom. The summed E-state index contributed by atoms with van der Waals surface area (Å²) >= 11 is 14.7. The van der Waals surface area contributed by atoms with Crippen molar-refractivity contribution in [3.63, 3.8) is 0 Å². The fraction of sp³-hybridized carbons (Fsp3) is 0.120. The standard InChI is InChI=1S/C25H19Br2ClN2O2S/c1-2-15-7-9-18(10-8-15)29-25-30-24(31)22(33-25)13-16-11-19(26)23(20(27)12-16)32-14-17-5-3-4-6-21(17)28/h3-13H,2,14H2,1H3,(H,29,30,31)/b22-13-. The number of hydrogen-bond acceptors (Lipinski definition) is 4. The Labute approximate surface area is 218 Å². The van der Waals surface area contributed by atoms with Crippen LogP contribution < -0.4 is 10.1 Å². The van der Waals surface area contributed by atoms with Crippen LogP contribution in [-0.2, 0) is 17.8 Å². The van der Waals surface area contributed by atoms with E-state index in [1.807, 2.05) is 66.7 Å². The van der Waals surface area contributed by atoms with Gasteiger partial charge in [-0.1, -0.05) is 48.9 Å². The van der Waals surface area contributed by atoms with Gasteiger partial charge in [-0.05, 0) is 97.6 Å². The molecule has 0 atom stereocenters. The van der Waals surface area contributed by atoms with Crippen molar-refractivity contribution in [1.82, 2.24) is 5.32 Å². The Morgan fingerprint density at radius 3 is 2.45 bits per heavy atom. The summed E-state index contributed by atoms with van der Waals surface area (Å²) in [5.74, 6) is 0.494. The highest BCUT2D eigenvalue weighted by molar-refractivity contribution is 9.11. The summed E-state index contributed by atoms with van der Waals surface area (Å²) in [5, 5.41) is 4.06. The molecule has 1 aliphatic heterocycles. The molecule has 33 heavy (non-hydrogen) atoms. The maximum absolute atomic E-state index is 12.5. The molecule has 0 unspecified atom stereocenters. The van der Waals surface area contributed by atoms with Gasteiger partial charge in [0.2, 0.25) is 0 Å². The third kappa shape index (κ3) is 6.09. The summed E-state index contributed by atoms with van der Waals surface area (Å²) in [6.45, 7) is 2.45. The fourth-order valence-corrected chi connectivity index (χ4v) is 5.60. The van der Waals surface area contributed by atoms with Crippen molar-refractivity contribution < 1.29 is 9.53 Å². The van der Waals surface area contributed by atoms with Gasteiger partial charge in [-0.15, -0.1) is 0 Å². The summed E-state index contributed by atoms with van der Waals surface area (Å²) < 4.78 is 7.51. The molecule has 1 fully saturated rings. The summed E-state index contributed by atoms with van der Waals surface area (Å²) in [7, 11) is 0. The van der Waals surface area contributed by atoms with Crippen molar-refractivity contribution in [2.24, 2.45) is 4.99 Å². The maximum Gasteiger partial charge on any atom is 0.264 e. The quantitative estimate of drug-likeness (QED) is 0.290. The third-order valence-electron chi connectivity index (χ3n) is 4.87. The number of aliphatic imine (C=N–C) groups is 1. The van der Waals surface area contributed by atoms with Crippen LogP contribution in [0.1, 0.15) is 23.6 Å². The number of amides is 1. The fourth-order valence-electron chi connectivity index (χ4n) is 3.12. The molecular weight excluding hydrogens is 588 g/mol. The highest BCUT2D eigenvalue weighted by atomic mass is 79.9. The van der Waals surface area contributed by atoms with Crippen LogP contribution in [0.15, 0.2) is 79.5 Å². The Bertz CT molecular complexity index is 1240. The van der Waals surface area contributed by atoms with E-state index in [0.29, 0.717) is 27.5 Å². The Hall–Kier alpha value is -2.06. The van der Waals surface area contributed by atoms with Gasteiger partial charge in [-0.3, -0.25) is 4.79 Å². The van der Waals surface area contributed by atoms with Crippen LogP contribution >= 0.6 is 55.2 Å². The van der Waals surface area contributed by atoms with Crippen molar-refractivity contribution in [2.45, 2.75) is 20.0 Å². The van der Waals surface area contributed by atoms with Gasteiger partial charge in [-0.25, -0.2) is 4.99 Å². The maximum atomic E-state index is 12.5. The van der Waals surface area contributed by atoms with E-state index in [0.717, 1.165) is 32.2 Å². The number of aryl methyl sites for hydroxylation is 1. The molecule has 0 aliphatic carbocycles. The number of carbonyl (C=O) groups is 1. The second-order valence-corrected chi connectivity index (χ2v) is 10.3. The topological polar surface area (TPSA) is 50.7 Å². The smallest absolute Gasteiger partial charge is 0.264 e. The third-order valence-corrected chi connectivity index (χ3v) is 7.33. The number of amidine groups is 1. The van der Waals surface area contributed by atoms with Crippen molar-refractivity contribution in [3.05, 3.63) is 96.2 Å². The Morgan fingerprint density at radius 1 is 1.09 bits per heavy atom. The molecule has 0 aromatic heterocycles. The lowest BCUT2D eigenvalue weighted by molar-refractivity contribution is -0.115. The molecule has 1 aliphatic rings. The van der Waals surface area contributed by atoms with Crippen molar-refractivity contribution in [2.75, 3.05) is 0 Å². The van der Waals surface area contributed by atoms with E-state index in [1.54, 1.807) is 0 Å². The Kier molecular flexibility index (Phi) is 7.96. The highest BCUT2D eigenvalue weighted by Crippen LogP contribution is 2.37. The van der Waals surface area contributed by atoms with Crippen LogP contribution in [0.2, 0.25) is 5.02 Å². The first kappa shape index (κ1) is 24.1. The van der Waals surface area contributed by atoms with Crippen LogP contribution in [-0.4, -0.2) is 11.1 Å². The molecule has 1 saturated heterocycles. The lowest BCUT2D eigenvalue weighted by Crippen LogP contribution is -2.19. The van der Waals surface area contributed by atoms with E-state index in [1.165, 1.54) is 17.3 Å². The van der Waals surface area contributed by atoms with Crippen LogP contribution in [0.25, 0.3) is 6.08 Å². The van der Waals surface area contributed by atoms with E-state index in [9.17, 15) is 4.79 Å². The zero-order valence-electron chi connectivity index (χ0n) is 17.6. The molecule has 3 aromatic carbocycles. The van der Waals surface area contributed by atoms with Gasteiger partial charge in [0.05, 0.1) is 19.5 Å². The second kappa shape index (κ2) is 10.9. The average Bonchev–Trinajstić information content (AvgIpc) is 3.13. The number of ether oxygens (including phenoxy) is 1. The van der Waals surface area contributed by atoms with Crippen LogP contribution in [0.3, 0.4) is 0 Å². The molecule has 8 heteroatoms. The second-order valence-electron chi connectivity index (χ2n) is 7.20. The molecule has 0 radical (unpaired) electrons. The number of carbonyl (C=O) groups excluding carboxylic acids is 1.